The van der Waals surface area contributed by atoms with E-state index in [4.69, 9.17) is 44.0 Å². The maximum absolute atomic E-state index is 12.6. The number of hydrogen-bond acceptors (Lipinski definition) is 4. The van der Waals surface area contributed by atoms with E-state index < -0.39 is 5.91 Å². The van der Waals surface area contributed by atoms with E-state index in [9.17, 15) is 4.79 Å². The lowest BCUT2D eigenvalue weighted by Crippen LogP contribution is -2.12. The Bertz CT molecular complexity index is 1300. The number of amides is 1. The fraction of sp³-hybridized carbons (Fsp3) is 0.130. The van der Waals surface area contributed by atoms with E-state index in [1.165, 1.54) is 0 Å². The Balaban J connectivity index is 1.39. The summed E-state index contributed by atoms with van der Waals surface area (Å²) in [6, 6.07) is 14.1. The molecule has 0 fully saturated rings. The molecule has 2 aromatic heterocycles. The van der Waals surface area contributed by atoms with Gasteiger partial charge >= 0.3 is 0 Å². The molecule has 0 saturated carbocycles. The van der Waals surface area contributed by atoms with E-state index in [-0.39, 0.29) is 12.4 Å². The molecule has 1 amide bonds. The largest absolute Gasteiger partial charge is 0.484 e. The molecule has 0 spiro atoms. The summed E-state index contributed by atoms with van der Waals surface area (Å²) < 4.78 is 13.7. The highest BCUT2D eigenvalue weighted by atomic mass is 79.9. The predicted molar refractivity (Wildman–Crippen MR) is 133 cm³/mol. The van der Waals surface area contributed by atoms with Gasteiger partial charge in [0.25, 0.3) is 5.91 Å². The Morgan fingerprint density at radius 2 is 1.94 bits per heavy atom. The molecule has 2 aromatic carbocycles. The number of aryl methyl sites for hydroxylation is 1. The molecule has 33 heavy (non-hydrogen) atoms. The summed E-state index contributed by atoms with van der Waals surface area (Å²) in [4.78, 5) is 12.6. The smallest absolute Gasteiger partial charge is 0.292 e. The molecule has 0 aliphatic carbocycles. The Morgan fingerprint density at radius 1 is 1.12 bits per heavy atom. The van der Waals surface area contributed by atoms with Crippen LogP contribution >= 0.6 is 50.7 Å². The Morgan fingerprint density at radius 3 is 2.70 bits per heavy atom. The first-order valence-corrected chi connectivity index (χ1v) is 11.7. The lowest BCUT2D eigenvalue weighted by atomic mass is 10.2. The van der Waals surface area contributed by atoms with E-state index in [1.54, 1.807) is 41.2 Å². The van der Waals surface area contributed by atoms with Crippen LogP contribution in [0.1, 0.15) is 27.4 Å². The SMILES string of the molecule is Cc1cccc(Cl)c1OCc1ccc(C(=O)Nc2nn(Cc3ccc(Cl)c(Cl)c3)cc2Br)o1. The minimum absolute atomic E-state index is 0.135. The standard InChI is InChI=1S/C23H17BrCl3N3O3/c1-13-3-2-4-18(26)21(13)32-12-15-6-8-20(33-15)23(31)28-22-16(24)11-30(29-22)10-14-5-7-17(25)19(27)9-14/h2-9,11H,10,12H2,1H3,(H,28,29,31). The van der Waals surface area contributed by atoms with Gasteiger partial charge in [-0.1, -0.05) is 53.0 Å². The summed E-state index contributed by atoms with van der Waals surface area (Å²) >= 11 is 21.6. The van der Waals surface area contributed by atoms with Gasteiger partial charge in [0.15, 0.2) is 11.6 Å². The zero-order valence-electron chi connectivity index (χ0n) is 17.2. The van der Waals surface area contributed by atoms with Gasteiger partial charge < -0.3 is 14.5 Å². The topological polar surface area (TPSA) is 69.3 Å². The maximum Gasteiger partial charge on any atom is 0.292 e. The van der Waals surface area contributed by atoms with Gasteiger partial charge in [0.2, 0.25) is 0 Å². The molecule has 0 bridgehead atoms. The molecular weight excluding hydrogens is 553 g/mol. The van der Waals surface area contributed by atoms with Crippen LogP contribution in [-0.2, 0) is 13.2 Å². The van der Waals surface area contributed by atoms with Crippen LogP contribution in [0, 0.1) is 6.92 Å². The maximum atomic E-state index is 12.6. The van der Waals surface area contributed by atoms with Crippen molar-refractivity contribution >= 4 is 62.5 Å². The third kappa shape index (κ3) is 5.73. The fourth-order valence-corrected chi connectivity index (χ4v) is 4.09. The molecule has 1 N–H and O–H groups in total. The lowest BCUT2D eigenvalue weighted by molar-refractivity contribution is 0.0992. The van der Waals surface area contributed by atoms with Gasteiger partial charge in [-0.05, 0) is 64.3 Å². The quantitative estimate of drug-likeness (QED) is 0.252. The van der Waals surface area contributed by atoms with Gasteiger partial charge in [-0.15, -0.1) is 0 Å². The molecule has 0 aliphatic heterocycles. The van der Waals surface area contributed by atoms with Gasteiger partial charge in [-0.25, -0.2) is 0 Å². The van der Waals surface area contributed by atoms with Crippen molar-refractivity contribution < 1.29 is 13.9 Å². The number of halogens is 4. The summed E-state index contributed by atoms with van der Waals surface area (Å²) in [6.07, 6.45) is 1.76. The number of para-hydroxylation sites is 1. The summed E-state index contributed by atoms with van der Waals surface area (Å²) in [5, 5.41) is 8.61. The van der Waals surface area contributed by atoms with E-state index in [2.05, 4.69) is 26.3 Å². The minimum atomic E-state index is -0.435. The van der Waals surface area contributed by atoms with Crippen LogP contribution in [0.5, 0.6) is 5.75 Å². The summed E-state index contributed by atoms with van der Waals surface area (Å²) in [5.74, 6) is 1.13. The van der Waals surface area contributed by atoms with Crippen molar-refractivity contribution in [2.75, 3.05) is 5.32 Å². The number of carbonyl (C=O) groups is 1. The lowest BCUT2D eigenvalue weighted by Gasteiger charge is -2.09. The van der Waals surface area contributed by atoms with Crippen LogP contribution in [0.25, 0.3) is 0 Å². The Kier molecular flexibility index (Phi) is 7.34. The van der Waals surface area contributed by atoms with Crippen LogP contribution in [0.3, 0.4) is 0 Å². The summed E-state index contributed by atoms with van der Waals surface area (Å²) in [5.41, 5.74) is 1.83. The zero-order chi connectivity index (χ0) is 23.5. The molecule has 0 radical (unpaired) electrons. The summed E-state index contributed by atoms with van der Waals surface area (Å²) in [7, 11) is 0. The van der Waals surface area contributed by atoms with E-state index in [0.29, 0.717) is 43.4 Å². The second-order valence-corrected chi connectivity index (χ2v) is 9.24. The van der Waals surface area contributed by atoms with Crippen molar-refractivity contribution in [1.29, 1.82) is 0 Å². The third-order valence-electron chi connectivity index (χ3n) is 4.69. The van der Waals surface area contributed by atoms with Crippen molar-refractivity contribution in [1.82, 2.24) is 9.78 Å². The van der Waals surface area contributed by atoms with Crippen molar-refractivity contribution in [3.05, 3.63) is 96.9 Å². The Hall–Kier alpha value is -2.45. The van der Waals surface area contributed by atoms with E-state index in [1.807, 2.05) is 25.1 Å². The van der Waals surface area contributed by atoms with Gasteiger partial charge in [0.05, 0.1) is 26.1 Å². The number of aromatic nitrogens is 2. The minimum Gasteiger partial charge on any atom is -0.484 e. The van der Waals surface area contributed by atoms with E-state index in [0.717, 1.165) is 11.1 Å². The highest BCUT2D eigenvalue weighted by Crippen LogP contribution is 2.29. The molecular formula is C23H17BrCl3N3O3. The van der Waals surface area contributed by atoms with Crippen LogP contribution < -0.4 is 10.1 Å². The first-order chi connectivity index (χ1) is 15.8. The fourth-order valence-electron chi connectivity index (χ4n) is 3.08. The highest BCUT2D eigenvalue weighted by Gasteiger charge is 2.16. The van der Waals surface area contributed by atoms with Gasteiger partial charge in [-0.2, -0.15) is 5.10 Å². The van der Waals surface area contributed by atoms with Crippen LogP contribution in [-0.4, -0.2) is 15.7 Å². The molecule has 0 atom stereocenters. The third-order valence-corrected chi connectivity index (χ3v) is 6.30. The van der Waals surface area contributed by atoms with Crippen LogP contribution in [0.2, 0.25) is 15.1 Å². The molecule has 10 heteroatoms. The second kappa shape index (κ2) is 10.2. The van der Waals surface area contributed by atoms with Gasteiger partial charge in [0.1, 0.15) is 18.1 Å². The van der Waals surface area contributed by atoms with Crippen molar-refractivity contribution in [2.45, 2.75) is 20.1 Å². The number of nitrogens with one attached hydrogen (secondary N) is 1. The first-order valence-electron chi connectivity index (χ1n) is 9.75. The number of benzene rings is 2. The summed E-state index contributed by atoms with van der Waals surface area (Å²) in [6.45, 7) is 2.50. The number of ether oxygens (including phenoxy) is 1. The number of anilines is 1. The second-order valence-electron chi connectivity index (χ2n) is 7.17. The number of hydrogen-bond donors (Lipinski definition) is 1. The highest BCUT2D eigenvalue weighted by molar-refractivity contribution is 9.10. The number of nitrogens with zero attached hydrogens (tertiary/aromatic N) is 2. The normalized spacial score (nSPS) is 10.9. The molecule has 4 aromatic rings. The molecule has 170 valence electrons. The first kappa shape index (κ1) is 23.7. The van der Waals surface area contributed by atoms with Crippen molar-refractivity contribution in [2.24, 2.45) is 0 Å². The van der Waals surface area contributed by atoms with Gasteiger partial charge in [0, 0.05) is 6.20 Å². The molecule has 6 nitrogen and oxygen atoms in total. The van der Waals surface area contributed by atoms with Crippen LogP contribution in [0.4, 0.5) is 5.82 Å². The number of carbonyl (C=O) groups excluding carboxylic acids is 1. The number of rotatable bonds is 7. The zero-order valence-corrected chi connectivity index (χ0v) is 21.1. The van der Waals surface area contributed by atoms with Crippen molar-refractivity contribution in [3.8, 4) is 5.75 Å². The van der Waals surface area contributed by atoms with Crippen LogP contribution in [0.15, 0.2) is 63.6 Å². The average molecular weight is 570 g/mol. The molecule has 0 saturated heterocycles. The van der Waals surface area contributed by atoms with E-state index >= 15 is 0 Å². The molecule has 0 unspecified atom stereocenters. The monoisotopic (exact) mass is 567 g/mol. The molecule has 0 aliphatic rings. The Labute approximate surface area is 213 Å². The average Bonchev–Trinajstić information content (AvgIpc) is 3.37. The van der Waals surface area contributed by atoms with Crippen molar-refractivity contribution in [3.63, 3.8) is 0 Å². The molecule has 2 heterocycles. The predicted octanol–water partition coefficient (Wildman–Crippen LogP) is 7.39. The van der Waals surface area contributed by atoms with Gasteiger partial charge in [-0.3, -0.25) is 9.48 Å². The molecule has 4 rings (SSSR count). The number of furan rings is 1.